The Labute approximate surface area is 165 Å². The maximum absolute atomic E-state index is 12.5. The van der Waals surface area contributed by atoms with Gasteiger partial charge in [0.05, 0.1) is 11.1 Å². The third-order valence-electron chi connectivity index (χ3n) is 4.49. The van der Waals surface area contributed by atoms with Crippen molar-refractivity contribution in [2.45, 2.75) is 6.92 Å². The van der Waals surface area contributed by atoms with Gasteiger partial charge in [0.25, 0.3) is 0 Å². The molecule has 0 atom stereocenters. The lowest BCUT2D eigenvalue weighted by Gasteiger charge is -2.06. The van der Waals surface area contributed by atoms with Crippen LogP contribution in [0.1, 0.15) is 32.2 Å². The minimum atomic E-state index is -0.561. The van der Waals surface area contributed by atoms with E-state index in [1.54, 1.807) is 42.5 Å². The maximum atomic E-state index is 12.5. The number of fused-ring (bicyclic) bond motifs is 2. The van der Waals surface area contributed by atoms with Crippen molar-refractivity contribution in [2.24, 2.45) is 0 Å². The molecule has 7 heteroatoms. The Morgan fingerprint density at radius 1 is 1.00 bits per heavy atom. The fraction of sp³-hybridized carbons (Fsp3) is 0.0909. The first-order chi connectivity index (χ1) is 14.1. The summed E-state index contributed by atoms with van der Waals surface area (Å²) in [5, 5.41) is 0. The molecule has 0 N–H and O–H groups in total. The molecule has 0 fully saturated rings. The number of ether oxygens (including phenoxy) is 4. The minimum Gasteiger partial charge on any atom is -0.462 e. The Kier molecular flexibility index (Phi) is 3.87. The van der Waals surface area contributed by atoms with Crippen molar-refractivity contribution in [1.29, 1.82) is 0 Å². The summed E-state index contributed by atoms with van der Waals surface area (Å²) in [7, 11) is 0. The van der Waals surface area contributed by atoms with Gasteiger partial charge in [0.15, 0.2) is 17.3 Å². The van der Waals surface area contributed by atoms with Crippen LogP contribution < -0.4 is 18.9 Å². The second-order valence-corrected chi connectivity index (χ2v) is 6.50. The van der Waals surface area contributed by atoms with Crippen molar-refractivity contribution in [3.05, 3.63) is 76.9 Å². The molecule has 0 amide bonds. The summed E-state index contributed by atoms with van der Waals surface area (Å²) in [5.74, 6) is 2.23. The molecule has 5 rings (SSSR count). The zero-order chi connectivity index (χ0) is 20.0. The summed E-state index contributed by atoms with van der Waals surface area (Å²) in [5.41, 5.74) is 0.711. The summed E-state index contributed by atoms with van der Waals surface area (Å²) < 4.78 is 27.0. The number of hydrogen-bond acceptors (Lipinski definition) is 7. The molecule has 144 valence electrons. The molecule has 0 spiro atoms. The van der Waals surface area contributed by atoms with E-state index in [2.05, 4.69) is 0 Å². The van der Waals surface area contributed by atoms with E-state index in [0.717, 1.165) is 5.76 Å². The summed E-state index contributed by atoms with van der Waals surface area (Å²) >= 11 is 0. The second-order valence-electron chi connectivity index (χ2n) is 6.50. The minimum absolute atomic E-state index is 0.122. The SMILES string of the molecule is Cc1ccc(/C=C2\Oc3cc(OC(=O)c4ccc5c(c4)OCO5)ccc3C2=O)o1. The van der Waals surface area contributed by atoms with Gasteiger partial charge in [-0.1, -0.05) is 0 Å². The molecular formula is C22H14O7. The quantitative estimate of drug-likeness (QED) is 0.377. The van der Waals surface area contributed by atoms with Crippen molar-refractivity contribution in [3.8, 4) is 23.0 Å². The summed E-state index contributed by atoms with van der Waals surface area (Å²) in [6.45, 7) is 1.94. The van der Waals surface area contributed by atoms with Crippen LogP contribution in [0.25, 0.3) is 6.08 Å². The fourth-order valence-corrected chi connectivity index (χ4v) is 3.08. The summed E-state index contributed by atoms with van der Waals surface area (Å²) in [6.07, 6.45) is 1.54. The van der Waals surface area contributed by atoms with Gasteiger partial charge in [-0.2, -0.15) is 0 Å². The first-order valence-electron chi connectivity index (χ1n) is 8.83. The van der Waals surface area contributed by atoms with Gasteiger partial charge < -0.3 is 23.4 Å². The highest BCUT2D eigenvalue weighted by Crippen LogP contribution is 2.36. The second kappa shape index (κ2) is 6.56. The Hall–Kier alpha value is -4.00. The van der Waals surface area contributed by atoms with E-state index in [1.807, 2.05) is 6.92 Å². The third-order valence-corrected chi connectivity index (χ3v) is 4.49. The topological polar surface area (TPSA) is 84.2 Å². The molecule has 29 heavy (non-hydrogen) atoms. The molecule has 2 aromatic carbocycles. The van der Waals surface area contributed by atoms with Crippen LogP contribution in [0.5, 0.6) is 23.0 Å². The highest BCUT2D eigenvalue weighted by molar-refractivity contribution is 6.14. The zero-order valence-corrected chi connectivity index (χ0v) is 15.3. The number of esters is 1. The monoisotopic (exact) mass is 390 g/mol. The van der Waals surface area contributed by atoms with Gasteiger partial charge in [-0.25, -0.2) is 4.79 Å². The number of furan rings is 1. The molecule has 0 saturated heterocycles. The third kappa shape index (κ3) is 3.12. The number of benzene rings is 2. The molecule has 1 aromatic heterocycles. The normalized spacial score (nSPS) is 15.3. The highest BCUT2D eigenvalue weighted by Gasteiger charge is 2.28. The number of rotatable bonds is 3. The molecule has 0 unspecified atom stereocenters. The highest BCUT2D eigenvalue weighted by atomic mass is 16.7. The molecule has 3 heterocycles. The van der Waals surface area contributed by atoms with E-state index < -0.39 is 5.97 Å². The lowest BCUT2D eigenvalue weighted by atomic mass is 10.1. The van der Waals surface area contributed by atoms with Gasteiger partial charge in [-0.05, 0) is 49.4 Å². The number of carbonyl (C=O) groups is 2. The molecule has 7 nitrogen and oxygen atoms in total. The van der Waals surface area contributed by atoms with Crippen molar-refractivity contribution in [3.63, 3.8) is 0 Å². The predicted molar refractivity (Wildman–Crippen MR) is 100 cm³/mol. The molecule has 2 aliphatic heterocycles. The van der Waals surface area contributed by atoms with Crippen molar-refractivity contribution in [1.82, 2.24) is 0 Å². The zero-order valence-electron chi connectivity index (χ0n) is 15.3. The van der Waals surface area contributed by atoms with Crippen LogP contribution in [0.2, 0.25) is 0 Å². The first kappa shape index (κ1) is 17.1. The number of ketones is 1. The Morgan fingerprint density at radius 2 is 1.86 bits per heavy atom. The molecule has 0 radical (unpaired) electrons. The number of Topliss-reactive ketones (excluding diaryl/α,β-unsaturated/α-hetero) is 1. The standard InChI is InChI=1S/C22H14O7/c1-12-2-4-14(27-12)10-20-21(23)16-6-5-15(9-18(16)29-20)28-22(24)13-3-7-17-19(8-13)26-11-25-17/h2-10H,11H2,1H3/b20-10-. The van der Waals surface area contributed by atoms with E-state index in [-0.39, 0.29) is 24.1 Å². The molecule has 3 aromatic rings. The average molecular weight is 390 g/mol. The van der Waals surface area contributed by atoms with Gasteiger partial charge in [0, 0.05) is 12.1 Å². The summed E-state index contributed by atoms with van der Waals surface area (Å²) in [4.78, 5) is 24.9. The van der Waals surface area contributed by atoms with Crippen LogP contribution in [-0.4, -0.2) is 18.5 Å². The van der Waals surface area contributed by atoms with E-state index in [1.165, 1.54) is 12.1 Å². The Bertz CT molecular complexity index is 1190. The number of aryl methyl sites for hydroxylation is 1. The largest absolute Gasteiger partial charge is 0.462 e. The average Bonchev–Trinajstić information content (AvgIpc) is 3.41. The Balaban J connectivity index is 1.36. The summed E-state index contributed by atoms with van der Waals surface area (Å²) in [6, 6.07) is 13.0. The van der Waals surface area contributed by atoms with Crippen molar-refractivity contribution in [2.75, 3.05) is 6.79 Å². The number of hydrogen-bond donors (Lipinski definition) is 0. The van der Waals surface area contributed by atoms with E-state index >= 15 is 0 Å². The molecule has 0 saturated carbocycles. The smallest absolute Gasteiger partial charge is 0.343 e. The van der Waals surface area contributed by atoms with E-state index in [4.69, 9.17) is 23.4 Å². The van der Waals surface area contributed by atoms with Gasteiger partial charge in [0.2, 0.25) is 12.6 Å². The van der Waals surface area contributed by atoms with Gasteiger partial charge in [0.1, 0.15) is 23.0 Å². The van der Waals surface area contributed by atoms with Crippen molar-refractivity contribution < 1.29 is 33.0 Å². The molecule has 0 bridgehead atoms. The first-order valence-corrected chi connectivity index (χ1v) is 8.83. The molecular weight excluding hydrogens is 376 g/mol. The van der Waals surface area contributed by atoms with Crippen LogP contribution in [0.4, 0.5) is 0 Å². The molecule has 2 aliphatic rings. The molecule has 0 aliphatic carbocycles. The van der Waals surface area contributed by atoms with Gasteiger partial charge >= 0.3 is 5.97 Å². The number of carbonyl (C=O) groups excluding carboxylic acids is 2. The van der Waals surface area contributed by atoms with Crippen molar-refractivity contribution >= 4 is 17.8 Å². The maximum Gasteiger partial charge on any atom is 0.343 e. The lowest BCUT2D eigenvalue weighted by molar-refractivity contribution is 0.0734. The predicted octanol–water partition coefficient (Wildman–Crippen LogP) is 4.15. The lowest BCUT2D eigenvalue weighted by Crippen LogP contribution is -2.08. The fourth-order valence-electron chi connectivity index (χ4n) is 3.08. The number of allylic oxidation sites excluding steroid dienone is 1. The van der Waals surface area contributed by atoms with Crippen LogP contribution in [0.15, 0.2) is 58.7 Å². The van der Waals surface area contributed by atoms with Crippen LogP contribution in [0.3, 0.4) is 0 Å². The van der Waals surface area contributed by atoms with E-state index in [0.29, 0.717) is 34.1 Å². The van der Waals surface area contributed by atoms with Crippen LogP contribution in [0, 0.1) is 6.92 Å². The van der Waals surface area contributed by atoms with E-state index in [9.17, 15) is 9.59 Å². The van der Waals surface area contributed by atoms with Crippen LogP contribution in [-0.2, 0) is 0 Å². The Morgan fingerprint density at radius 3 is 2.69 bits per heavy atom. The van der Waals surface area contributed by atoms with Gasteiger partial charge in [-0.15, -0.1) is 0 Å². The van der Waals surface area contributed by atoms with Gasteiger partial charge in [-0.3, -0.25) is 4.79 Å². The van der Waals surface area contributed by atoms with Crippen LogP contribution >= 0.6 is 0 Å².